The fourth-order valence-corrected chi connectivity index (χ4v) is 1.34. The van der Waals surface area contributed by atoms with Crippen molar-refractivity contribution in [2.75, 3.05) is 11.1 Å². The molecule has 0 bridgehead atoms. The van der Waals surface area contributed by atoms with Gasteiger partial charge < -0.3 is 11.1 Å². The molecule has 0 spiro atoms. The fourth-order valence-electron chi connectivity index (χ4n) is 1.34. The Balaban J connectivity index is 2.26. The van der Waals surface area contributed by atoms with Crippen LogP contribution in [0.3, 0.4) is 0 Å². The maximum absolute atomic E-state index is 12.7. The molecular weight excluding hydrogens is 205 g/mol. The Hall–Kier alpha value is -2.10. The summed E-state index contributed by atoms with van der Waals surface area (Å²) in [6.45, 7) is 1.88. The molecule has 0 radical (unpaired) electrons. The van der Waals surface area contributed by atoms with Crippen molar-refractivity contribution in [3.05, 3.63) is 47.9 Å². The van der Waals surface area contributed by atoms with Gasteiger partial charge in [0.2, 0.25) is 0 Å². The van der Waals surface area contributed by atoms with Gasteiger partial charge >= 0.3 is 0 Å². The molecule has 0 amide bonds. The summed E-state index contributed by atoms with van der Waals surface area (Å²) < 4.78 is 12.7. The minimum atomic E-state index is -0.268. The zero-order valence-corrected chi connectivity index (χ0v) is 8.87. The number of rotatable bonds is 2. The van der Waals surface area contributed by atoms with Gasteiger partial charge in [-0.25, -0.2) is 9.37 Å². The molecule has 0 atom stereocenters. The van der Waals surface area contributed by atoms with E-state index in [9.17, 15) is 4.39 Å². The molecule has 0 unspecified atom stereocenters. The molecular formula is C12H12FN3. The number of pyridine rings is 1. The predicted octanol–water partition coefficient (Wildman–Crippen LogP) is 2.85. The Bertz CT molecular complexity index is 494. The summed E-state index contributed by atoms with van der Waals surface area (Å²) in [7, 11) is 0. The molecule has 0 aliphatic rings. The summed E-state index contributed by atoms with van der Waals surface area (Å²) in [5, 5.41) is 3.04. The second-order valence-corrected chi connectivity index (χ2v) is 3.52. The second kappa shape index (κ2) is 4.18. The summed E-state index contributed by atoms with van der Waals surface area (Å²) >= 11 is 0. The number of nitrogen functional groups attached to an aromatic ring is 1. The van der Waals surface area contributed by atoms with E-state index in [1.165, 1.54) is 12.1 Å². The molecule has 0 saturated carbocycles. The number of nitrogens with one attached hydrogen (secondary N) is 1. The third-order valence-corrected chi connectivity index (χ3v) is 2.17. The molecule has 3 nitrogen and oxygen atoms in total. The van der Waals surface area contributed by atoms with Crippen LogP contribution >= 0.6 is 0 Å². The van der Waals surface area contributed by atoms with Crippen LogP contribution in [0.25, 0.3) is 0 Å². The quantitative estimate of drug-likeness (QED) is 0.813. The van der Waals surface area contributed by atoms with Crippen molar-refractivity contribution < 1.29 is 4.39 Å². The molecule has 16 heavy (non-hydrogen) atoms. The lowest BCUT2D eigenvalue weighted by atomic mass is 10.3. The lowest BCUT2D eigenvalue weighted by molar-refractivity contribution is 0.628. The highest BCUT2D eigenvalue weighted by molar-refractivity contribution is 5.68. The van der Waals surface area contributed by atoms with Gasteiger partial charge in [0.05, 0.1) is 5.69 Å². The first-order valence-electron chi connectivity index (χ1n) is 4.91. The summed E-state index contributed by atoms with van der Waals surface area (Å²) in [5.41, 5.74) is 7.96. The summed E-state index contributed by atoms with van der Waals surface area (Å²) in [6.07, 6.45) is 0. The number of aryl methyl sites for hydroxylation is 1. The van der Waals surface area contributed by atoms with E-state index in [-0.39, 0.29) is 5.82 Å². The van der Waals surface area contributed by atoms with Crippen LogP contribution in [0.15, 0.2) is 36.4 Å². The molecule has 1 heterocycles. The van der Waals surface area contributed by atoms with Crippen molar-refractivity contribution in [3.8, 4) is 0 Å². The summed E-state index contributed by atoms with van der Waals surface area (Å²) in [6, 6.07) is 9.67. The largest absolute Gasteiger partial charge is 0.396 e. The second-order valence-electron chi connectivity index (χ2n) is 3.52. The Labute approximate surface area is 93.1 Å². The number of hydrogen-bond acceptors (Lipinski definition) is 3. The van der Waals surface area contributed by atoms with Crippen molar-refractivity contribution in [2.45, 2.75) is 6.92 Å². The molecule has 2 rings (SSSR count). The van der Waals surface area contributed by atoms with E-state index < -0.39 is 0 Å². The Morgan fingerprint density at radius 1 is 1.12 bits per heavy atom. The Morgan fingerprint density at radius 3 is 2.50 bits per heavy atom. The van der Waals surface area contributed by atoms with E-state index in [4.69, 9.17) is 5.73 Å². The highest BCUT2D eigenvalue weighted by atomic mass is 19.1. The van der Waals surface area contributed by atoms with Crippen molar-refractivity contribution in [2.24, 2.45) is 0 Å². The van der Waals surface area contributed by atoms with Crippen LogP contribution in [0.5, 0.6) is 0 Å². The van der Waals surface area contributed by atoms with Gasteiger partial charge in [-0.3, -0.25) is 0 Å². The predicted molar refractivity (Wildman–Crippen MR) is 63.1 cm³/mol. The summed E-state index contributed by atoms with van der Waals surface area (Å²) in [4.78, 5) is 4.26. The van der Waals surface area contributed by atoms with Crippen LogP contribution in [-0.2, 0) is 0 Å². The van der Waals surface area contributed by atoms with Gasteiger partial charge in [0, 0.05) is 11.4 Å². The number of hydrogen-bond donors (Lipinski definition) is 2. The smallest absolute Gasteiger partial charge is 0.153 e. The van der Waals surface area contributed by atoms with Crippen LogP contribution in [-0.4, -0.2) is 4.98 Å². The molecule has 0 saturated heterocycles. The molecule has 0 aliphatic carbocycles. The third kappa shape index (κ3) is 2.28. The normalized spacial score (nSPS) is 10.1. The van der Waals surface area contributed by atoms with Crippen molar-refractivity contribution in [1.82, 2.24) is 4.98 Å². The van der Waals surface area contributed by atoms with E-state index in [1.54, 1.807) is 18.2 Å². The molecule has 4 heteroatoms. The van der Waals surface area contributed by atoms with Gasteiger partial charge in [-0.1, -0.05) is 0 Å². The summed E-state index contributed by atoms with van der Waals surface area (Å²) in [5.74, 6) is 0.322. The molecule has 2 aromatic rings. The Kier molecular flexibility index (Phi) is 2.72. The van der Waals surface area contributed by atoms with Crippen LogP contribution in [0.4, 0.5) is 21.6 Å². The molecule has 1 aromatic carbocycles. The van der Waals surface area contributed by atoms with Crippen LogP contribution in [0, 0.1) is 12.7 Å². The van der Waals surface area contributed by atoms with E-state index in [0.29, 0.717) is 11.5 Å². The third-order valence-electron chi connectivity index (χ3n) is 2.17. The number of anilines is 3. The Morgan fingerprint density at radius 2 is 1.81 bits per heavy atom. The first-order valence-corrected chi connectivity index (χ1v) is 4.91. The number of nitrogens with two attached hydrogens (primary N) is 1. The standard InChI is InChI=1S/C12H12FN3/c1-8-2-7-11(14)12(15-8)16-10-5-3-9(13)4-6-10/h2-7H,14H2,1H3,(H,15,16). The minimum Gasteiger partial charge on any atom is -0.396 e. The maximum atomic E-state index is 12.7. The van der Waals surface area contributed by atoms with Gasteiger partial charge in [0.25, 0.3) is 0 Å². The van der Waals surface area contributed by atoms with E-state index >= 15 is 0 Å². The lowest BCUT2D eigenvalue weighted by Gasteiger charge is -2.08. The maximum Gasteiger partial charge on any atom is 0.153 e. The average molecular weight is 217 g/mol. The molecule has 1 aromatic heterocycles. The number of benzene rings is 1. The molecule has 0 aliphatic heterocycles. The number of nitrogens with zero attached hydrogens (tertiary/aromatic N) is 1. The molecule has 0 fully saturated rings. The van der Waals surface area contributed by atoms with Crippen LogP contribution in [0.1, 0.15) is 5.69 Å². The monoisotopic (exact) mass is 217 g/mol. The van der Waals surface area contributed by atoms with Crippen molar-refractivity contribution >= 4 is 17.2 Å². The fraction of sp³-hybridized carbons (Fsp3) is 0.0833. The number of aromatic nitrogens is 1. The highest BCUT2D eigenvalue weighted by Crippen LogP contribution is 2.20. The first kappa shape index (κ1) is 10.4. The highest BCUT2D eigenvalue weighted by Gasteiger charge is 2.01. The zero-order valence-electron chi connectivity index (χ0n) is 8.87. The van der Waals surface area contributed by atoms with E-state index in [0.717, 1.165) is 11.4 Å². The zero-order chi connectivity index (χ0) is 11.5. The van der Waals surface area contributed by atoms with Gasteiger partial charge in [-0.05, 0) is 43.3 Å². The topological polar surface area (TPSA) is 50.9 Å². The van der Waals surface area contributed by atoms with Gasteiger partial charge in [-0.15, -0.1) is 0 Å². The molecule has 3 N–H and O–H groups in total. The van der Waals surface area contributed by atoms with Crippen molar-refractivity contribution in [3.63, 3.8) is 0 Å². The van der Waals surface area contributed by atoms with Gasteiger partial charge in [0.1, 0.15) is 5.82 Å². The van der Waals surface area contributed by atoms with Gasteiger partial charge in [-0.2, -0.15) is 0 Å². The lowest BCUT2D eigenvalue weighted by Crippen LogP contribution is -2.00. The van der Waals surface area contributed by atoms with Gasteiger partial charge in [0.15, 0.2) is 5.82 Å². The number of halogens is 1. The molecule has 82 valence electrons. The van der Waals surface area contributed by atoms with E-state index in [2.05, 4.69) is 10.3 Å². The van der Waals surface area contributed by atoms with E-state index in [1.807, 2.05) is 13.0 Å². The van der Waals surface area contributed by atoms with Crippen LogP contribution in [0.2, 0.25) is 0 Å². The minimum absolute atomic E-state index is 0.268. The first-order chi connectivity index (χ1) is 7.65. The van der Waals surface area contributed by atoms with Crippen LogP contribution < -0.4 is 11.1 Å². The SMILES string of the molecule is Cc1ccc(N)c(Nc2ccc(F)cc2)n1. The average Bonchev–Trinajstić information content (AvgIpc) is 2.27. The van der Waals surface area contributed by atoms with Crippen molar-refractivity contribution in [1.29, 1.82) is 0 Å².